The van der Waals surface area contributed by atoms with Gasteiger partial charge < -0.3 is 9.84 Å². The molecule has 1 unspecified atom stereocenters. The summed E-state index contributed by atoms with van der Waals surface area (Å²) in [5.74, 6) is -1.06. The molecule has 0 saturated heterocycles. The Hall–Kier alpha value is -0.870. The average molecular weight is 301 g/mol. The lowest BCUT2D eigenvalue weighted by Gasteiger charge is -2.12. The maximum absolute atomic E-state index is 11.1. The van der Waals surface area contributed by atoms with Crippen LogP contribution in [0.1, 0.15) is 18.4 Å². The van der Waals surface area contributed by atoms with Crippen molar-refractivity contribution in [3.05, 3.63) is 34.3 Å². The van der Waals surface area contributed by atoms with Crippen LogP contribution in [0.25, 0.3) is 0 Å². The van der Waals surface area contributed by atoms with Crippen LogP contribution in [0.15, 0.2) is 28.7 Å². The van der Waals surface area contributed by atoms with E-state index in [-0.39, 0.29) is 5.92 Å². The van der Waals surface area contributed by atoms with Crippen molar-refractivity contribution in [1.82, 2.24) is 0 Å². The Labute approximate surface area is 110 Å². The van der Waals surface area contributed by atoms with Crippen molar-refractivity contribution in [3.8, 4) is 0 Å². The van der Waals surface area contributed by atoms with E-state index in [4.69, 9.17) is 9.84 Å². The largest absolute Gasteiger partial charge is 0.481 e. The second-order valence-electron chi connectivity index (χ2n) is 4.00. The second kappa shape index (κ2) is 7.45. The molecule has 0 aliphatic rings. The van der Waals surface area contributed by atoms with Crippen molar-refractivity contribution in [1.29, 1.82) is 0 Å². The number of hydrogen-bond acceptors (Lipinski definition) is 2. The lowest BCUT2D eigenvalue weighted by molar-refractivity contribution is -0.142. The van der Waals surface area contributed by atoms with Gasteiger partial charge in [-0.1, -0.05) is 28.1 Å². The molecule has 0 radical (unpaired) electrons. The van der Waals surface area contributed by atoms with Crippen LogP contribution in [0.5, 0.6) is 0 Å². The van der Waals surface area contributed by atoms with Gasteiger partial charge in [-0.05, 0) is 37.0 Å². The molecule has 0 aromatic heterocycles. The van der Waals surface area contributed by atoms with Gasteiger partial charge in [-0.15, -0.1) is 0 Å². The Morgan fingerprint density at radius 2 is 2.06 bits per heavy atom. The normalized spacial score (nSPS) is 12.4. The molecule has 1 atom stereocenters. The molecule has 0 saturated carbocycles. The molecule has 1 rings (SSSR count). The number of halogens is 1. The van der Waals surface area contributed by atoms with Gasteiger partial charge >= 0.3 is 5.97 Å². The van der Waals surface area contributed by atoms with Crippen molar-refractivity contribution in [2.24, 2.45) is 5.92 Å². The minimum absolute atomic E-state index is 0.327. The summed E-state index contributed by atoms with van der Waals surface area (Å²) >= 11 is 3.36. The number of carboxylic acid groups (broad SMARTS) is 1. The molecule has 0 fully saturated rings. The van der Waals surface area contributed by atoms with Gasteiger partial charge in [-0.2, -0.15) is 0 Å². The Bertz CT molecular complexity index is 348. The number of benzene rings is 1. The molecular weight excluding hydrogens is 284 g/mol. The molecule has 4 heteroatoms. The zero-order valence-corrected chi connectivity index (χ0v) is 11.4. The van der Waals surface area contributed by atoms with E-state index in [1.165, 1.54) is 0 Å². The first-order valence-electron chi connectivity index (χ1n) is 5.59. The molecule has 3 nitrogen and oxygen atoms in total. The van der Waals surface area contributed by atoms with Crippen LogP contribution in [0.4, 0.5) is 0 Å². The topological polar surface area (TPSA) is 46.5 Å². The third kappa shape index (κ3) is 5.33. The highest BCUT2D eigenvalue weighted by atomic mass is 79.9. The van der Waals surface area contributed by atoms with Crippen LogP contribution in [-0.4, -0.2) is 24.8 Å². The van der Waals surface area contributed by atoms with Gasteiger partial charge in [0.15, 0.2) is 0 Å². The van der Waals surface area contributed by atoms with Gasteiger partial charge in [0.2, 0.25) is 0 Å². The molecule has 1 N–H and O–H groups in total. The molecular formula is C13H17BrO3. The summed E-state index contributed by atoms with van der Waals surface area (Å²) in [7, 11) is 1.63. The van der Waals surface area contributed by atoms with Crippen LogP contribution < -0.4 is 0 Å². The van der Waals surface area contributed by atoms with Gasteiger partial charge in [-0.3, -0.25) is 4.79 Å². The first-order chi connectivity index (χ1) is 8.13. The van der Waals surface area contributed by atoms with E-state index < -0.39 is 5.97 Å². The summed E-state index contributed by atoms with van der Waals surface area (Å²) in [6.45, 7) is 0.615. The van der Waals surface area contributed by atoms with Gasteiger partial charge in [0.05, 0.1) is 5.92 Å². The third-order valence-corrected chi connectivity index (χ3v) is 3.17. The fourth-order valence-corrected chi connectivity index (χ4v) is 1.96. The van der Waals surface area contributed by atoms with Gasteiger partial charge in [0.25, 0.3) is 0 Å². The third-order valence-electron chi connectivity index (χ3n) is 2.65. The number of ether oxygens (including phenoxy) is 1. The lowest BCUT2D eigenvalue weighted by atomic mass is 9.95. The van der Waals surface area contributed by atoms with E-state index in [9.17, 15) is 4.79 Å². The van der Waals surface area contributed by atoms with Crippen molar-refractivity contribution < 1.29 is 14.6 Å². The van der Waals surface area contributed by atoms with Crippen LogP contribution in [-0.2, 0) is 16.0 Å². The number of aliphatic carboxylic acids is 1. The highest BCUT2D eigenvalue weighted by Gasteiger charge is 2.17. The lowest BCUT2D eigenvalue weighted by Crippen LogP contribution is -2.17. The molecule has 0 spiro atoms. The first kappa shape index (κ1) is 14.2. The van der Waals surface area contributed by atoms with Crippen LogP contribution >= 0.6 is 15.9 Å². The van der Waals surface area contributed by atoms with E-state index in [2.05, 4.69) is 15.9 Å². The maximum Gasteiger partial charge on any atom is 0.306 e. The predicted octanol–water partition coefficient (Wildman–Crippen LogP) is 3.12. The van der Waals surface area contributed by atoms with Gasteiger partial charge in [-0.25, -0.2) is 0 Å². The number of methoxy groups -OCH3 is 1. The second-order valence-corrected chi connectivity index (χ2v) is 4.92. The minimum atomic E-state index is -0.732. The standard InChI is InChI=1S/C13H17BrO3/c1-17-8-2-3-11(13(15)16)9-10-4-6-12(14)7-5-10/h4-7,11H,2-3,8-9H2,1H3,(H,15,16). The number of rotatable bonds is 7. The fraction of sp³-hybridized carbons (Fsp3) is 0.462. The van der Waals surface area contributed by atoms with Crippen molar-refractivity contribution in [2.45, 2.75) is 19.3 Å². The highest BCUT2D eigenvalue weighted by Crippen LogP contribution is 2.17. The molecule has 0 heterocycles. The first-order valence-corrected chi connectivity index (χ1v) is 6.39. The summed E-state index contributed by atoms with van der Waals surface area (Å²) in [6, 6.07) is 7.78. The molecule has 17 heavy (non-hydrogen) atoms. The number of carboxylic acids is 1. The predicted molar refractivity (Wildman–Crippen MR) is 70.1 cm³/mol. The van der Waals surface area contributed by atoms with E-state index in [0.29, 0.717) is 19.4 Å². The van der Waals surface area contributed by atoms with Gasteiger partial charge in [0.1, 0.15) is 0 Å². The Morgan fingerprint density at radius 1 is 1.41 bits per heavy atom. The zero-order chi connectivity index (χ0) is 12.7. The van der Waals surface area contributed by atoms with Crippen LogP contribution in [0, 0.1) is 5.92 Å². The molecule has 1 aromatic rings. The van der Waals surface area contributed by atoms with Crippen LogP contribution in [0.3, 0.4) is 0 Å². The molecule has 0 amide bonds. The summed E-state index contributed by atoms with van der Waals surface area (Å²) in [6.07, 6.45) is 2.01. The van der Waals surface area contributed by atoms with Crippen LogP contribution in [0.2, 0.25) is 0 Å². The fourth-order valence-electron chi connectivity index (χ4n) is 1.69. The highest BCUT2D eigenvalue weighted by molar-refractivity contribution is 9.10. The van der Waals surface area contributed by atoms with Gasteiger partial charge in [0, 0.05) is 18.2 Å². The quantitative estimate of drug-likeness (QED) is 0.787. The summed E-state index contributed by atoms with van der Waals surface area (Å²) in [5, 5.41) is 9.14. The van der Waals surface area contributed by atoms with E-state index in [1.54, 1.807) is 7.11 Å². The van der Waals surface area contributed by atoms with Crippen molar-refractivity contribution in [3.63, 3.8) is 0 Å². The zero-order valence-electron chi connectivity index (χ0n) is 9.86. The SMILES string of the molecule is COCCCC(Cc1ccc(Br)cc1)C(=O)O. The molecule has 0 aliphatic carbocycles. The maximum atomic E-state index is 11.1. The smallest absolute Gasteiger partial charge is 0.306 e. The minimum Gasteiger partial charge on any atom is -0.481 e. The van der Waals surface area contributed by atoms with E-state index >= 15 is 0 Å². The van der Waals surface area contributed by atoms with Crippen molar-refractivity contribution >= 4 is 21.9 Å². The van der Waals surface area contributed by atoms with E-state index in [0.717, 1.165) is 16.5 Å². The molecule has 0 bridgehead atoms. The monoisotopic (exact) mass is 300 g/mol. The molecule has 94 valence electrons. The number of hydrogen-bond donors (Lipinski definition) is 1. The summed E-state index contributed by atoms with van der Waals surface area (Å²) in [4.78, 5) is 11.1. The Morgan fingerprint density at radius 3 is 2.59 bits per heavy atom. The average Bonchev–Trinajstić information content (AvgIpc) is 2.30. The molecule has 1 aromatic carbocycles. The Balaban J connectivity index is 2.54. The van der Waals surface area contributed by atoms with E-state index in [1.807, 2.05) is 24.3 Å². The van der Waals surface area contributed by atoms with Crippen molar-refractivity contribution in [2.75, 3.05) is 13.7 Å². The summed E-state index contributed by atoms with van der Waals surface area (Å²) < 4.78 is 5.95. The molecule has 0 aliphatic heterocycles. The number of carbonyl (C=O) groups is 1. The summed E-state index contributed by atoms with van der Waals surface area (Å²) in [5.41, 5.74) is 1.05. The Kier molecular flexibility index (Phi) is 6.22.